The average molecular weight is 392 g/mol. The number of nitrogens with one attached hydrogen (secondary N) is 2. The van der Waals surface area contributed by atoms with Crippen LogP contribution in [0.2, 0.25) is 0 Å². The van der Waals surface area contributed by atoms with Gasteiger partial charge in [0, 0.05) is 11.6 Å². The number of ether oxygens (including phenoxy) is 1. The molecule has 11 heteroatoms. The number of rotatable bonds is 6. The van der Waals surface area contributed by atoms with E-state index in [1.807, 2.05) is 0 Å². The lowest BCUT2D eigenvalue weighted by Crippen LogP contribution is -2.23. The maximum Gasteiger partial charge on any atom is 0.308 e. The van der Waals surface area contributed by atoms with Crippen molar-refractivity contribution in [1.29, 1.82) is 0 Å². The Labute approximate surface area is 154 Å². The summed E-state index contributed by atoms with van der Waals surface area (Å²) in [6.07, 6.45) is -0.107. The van der Waals surface area contributed by atoms with Crippen LogP contribution in [0.1, 0.15) is 17.7 Å². The van der Waals surface area contributed by atoms with Crippen LogP contribution in [-0.4, -0.2) is 44.4 Å². The van der Waals surface area contributed by atoms with Crippen molar-refractivity contribution in [2.75, 3.05) is 18.5 Å². The van der Waals surface area contributed by atoms with Gasteiger partial charge in [-0.15, -0.1) is 0 Å². The lowest BCUT2D eigenvalue weighted by atomic mass is 10.2. The Bertz CT molecular complexity index is 1010. The summed E-state index contributed by atoms with van der Waals surface area (Å²) >= 11 is 0. The second kappa shape index (κ2) is 7.58. The zero-order chi connectivity index (χ0) is 19.4. The van der Waals surface area contributed by atoms with Crippen LogP contribution in [0.3, 0.4) is 0 Å². The van der Waals surface area contributed by atoms with Gasteiger partial charge in [-0.2, -0.15) is 0 Å². The number of amides is 1. The van der Waals surface area contributed by atoms with Gasteiger partial charge in [-0.1, -0.05) is 17.3 Å². The molecule has 0 atom stereocenters. The quantitative estimate of drug-likeness (QED) is 0.686. The molecule has 0 saturated carbocycles. The predicted octanol–water partition coefficient (Wildman–Crippen LogP) is 0.594. The summed E-state index contributed by atoms with van der Waals surface area (Å²) in [5.74, 6) is -0.254. The molecule has 1 aliphatic rings. The molecule has 0 aliphatic carbocycles. The van der Waals surface area contributed by atoms with Crippen molar-refractivity contribution in [3.63, 3.8) is 0 Å². The molecule has 1 aliphatic heterocycles. The summed E-state index contributed by atoms with van der Waals surface area (Å²) in [5.41, 5.74) is 0.452. The first-order valence-electron chi connectivity index (χ1n) is 7.90. The van der Waals surface area contributed by atoms with Crippen molar-refractivity contribution in [2.24, 2.45) is 4.99 Å². The first-order chi connectivity index (χ1) is 12.8. The van der Waals surface area contributed by atoms with Gasteiger partial charge in [-0.3, -0.25) is 19.3 Å². The molecule has 2 N–H and O–H groups in total. The summed E-state index contributed by atoms with van der Waals surface area (Å²) in [7, 11) is -3.62. The van der Waals surface area contributed by atoms with Crippen LogP contribution in [0.15, 0.2) is 44.7 Å². The van der Waals surface area contributed by atoms with E-state index in [0.29, 0.717) is 11.3 Å². The summed E-state index contributed by atoms with van der Waals surface area (Å²) < 4.78 is 35.9. The highest BCUT2D eigenvalue weighted by atomic mass is 32.2. The maximum absolute atomic E-state index is 11.9. The molecule has 1 aromatic heterocycles. The van der Waals surface area contributed by atoms with Crippen molar-refractivity contribution >= 4 is 33.6 Å². The van der Waals surface area contributed by atoms with E-state index >= 15 is 0 Å². The Balaban J connectivity index is 1.47. The van der Waals surface area contributed by atoms with Gasteiger partial charge in [0.2, 0.25) is 0 Å². The van der Waals surface area contributed by atoms with Crippen LogP contribution in [0, 0.1) is 6.92 Å². The van der Waals surface area contributed by atoms with Crippen molar-refractivity contribution in [1.82, 2.24) is 9.88 Å². The number of sulfonamides is 1. The molecule has 27 heavy (non-hydrogen) atoms. The van der Waals surface area contributed by atoms with Gasteiger partial charge in [0.15, 0.2) is 12.4 Å². The smallest absolute Gasteiger partial charge is 0.308 e. The molecular formula is C16H16N4O6S. The van der Waals surface area contributed by atoms with Crippen LogP contribution in [0.5, 0.6) is 0 Å². The number of carbonyl (C=O) groups excluding carboxylic acids is 2. The summed E-state index contributed by atoms with van der Waals surface area (Å²) in [6.45, 7) is 1.21. The lowest BCUT2D eigenvalue weighted by molar-refractivity contribution is -0.147. The third kappa shape index (κ3) is 4.50. The number of aliphatic imine (C=N–C) groups is 1. The fraction of sp³-hybridized carbons (Fsp3) is 0.250. The third-order valence-electron chi connectivity index (χ3n) is 3.51. The van der Waals surface area contributed by atoms with E-state index in [9.17, 15) is 18.0 Å². The van der Waals surface area contributed by atoms with Gasteiger partial charge in [-0.05, 0) is 19.1 Å². The molecule has 0 unspecified atom stereocenters. The minimum atomic E-state index is -3.62. The van der Waals surface area contributed by atoms with Gasteiger partial charge in [0.25, 0.3) is 15.9 Å². The number of benzene rings is 1. The summed E-state index contributed by atoms with van der Waals surface area (Å²) in [4.78, 5) is 27.6. The Morgan fingerprint density at radius 3 is 2.85 bits per heavy atom. The van der Waals surface area contributed by atoms with Crippen LogP contribution in [0.4, 0.5) is 5.82 Å². The van der Waals surface area contributed by atoms with Crippen LogP contribution >= 0.6 is 0 Å². The zero-order valence-corrected chi connectivity index (χ0v) is 15.1. The van der Waals surface area contributed by atoms with Gasteiger partial charge in [0.05, 0.1) is 17.9 Å². The number of anilines is 1. The summed E-state index contributed by atoms with van der Waals surface area (Å²) in [6, 6.07) is 7.93. The number of hydrogen-bond donors (Lipinski definition) is 2. The number of nitrogens with zero attached hydrogens (tertiary/aromatic N) is 2. The molecule has 2 heterocycles. The molecule has 142 valence electrons. The number of hydrogen-bond acceptors (Lipinski definition) is 8. The van der Waals surface area contributed by atoms with Gasteiger partial charge >= 0.3 is 5.97 Å². The molecule has 0 radical (unpaired) electrons. The molecule has 0 bridgehead atoms. The number of carbonyl (C=O) groups is 2. The molecular weight excluding hydrogens is 376 g/mol. The van der Waals surface area contributed by atoms with Crippen molar-refractivity contribution in [3.05, 3.63) is 41.7 Å². The van der Waals surface area contributed by atoms with Gasteiger partial charge in [-0.25, -0.2) is 8.42 Å². The first kappa shape index (κ1) is 18.6. The Morgan fingerprint density at radius 1 is 1.33 bits per heavy atom. The molecule has 3 rings (SSSR count). The topological polar surface area (TPSA) is 140 Å². The minimum absolute atomic E-state index is 0.00905. The first-order valence-corrected chi connectivity index (χ1v) is 9.39. The Morgan fingerprint density at radius 2 is 2.11 bits per heavy atom. The van der Waals surface area contributed by atoms with E-state index in [0.717, 1.165) is 0 Å². The highest BCUT2D eigenvalue weighted by molar-refractivity contribution is 7.90. The monoisotopic (exact) mass is 392 g/mol. The number of esters is 1. The number of aryl methyl sites for hydroxylation is 1. The fourth-order valence-electron chi connectivity index (χ4n) is 2.33. The largest absolute Gasteiger partial charge is 0.456 e. The second-order valence-corrected chi connectivity index (χ2v) is 7.26. The van der Waals surface area contributed by atoms with Crippen LogP contribution in [-0.2, 0) is 24.3 Å². The molecule has 10 nitrogen and oxygen atoms in total. The molecule has 0 fully saturated rings. The van der Waals surface area contributed by atoms with Gasteiger partial charge < -0.3 is 14.6 Å². The maximum atomic E-state index is 11.9. The van der Waals surface area contributed by atoms with E-state index in [1.54, 1.807) is 25.1 Å². The number of aromatic nitrogens is 1. The van der Waals surface area contributed by atoms with E-state index in [2.05, 4.69) is 20.2 Å². The molecule has 1 amide bonds. The van der Waals surface area contributed by atoms with E-state index in [4.69, 9.17) is 9.26 Å². The third-order valence-corrected chi connectivity index (χ3v) is 4.91. The molecule has 1 aromatic carbocycles. The summed E-state index contributed by atoms with van der Waals surface area (Å²) in [5, 5.41) is 6.00. The molecule has 2 aromatic rings. The van der Waals surface area contributed by atoms with Crippen molar-refractivity contribution in [3.8, 4) is 0 Å². The van der Waals surface area contributed by atoms with Crippen molar-refractivity contribution < 1.29 is 27.3 Å². The van der Waals surface area contributed by atoms with E-state index < -0.39 is 28.5 Å². The van der Waals surface area contributed by atoms with E-state index in [1.165, 1.54) is 12.1 Å². The van der Waals surface area contributed by atoms with Crippen molar-refractivity contribution in [2.45, 2.75) is 18.2 Å². The number of fused-ring (bicyclic) bond motifs is 1. The standard InChI is InChI=1S/C16H16N4O6S/c1-10-8-13(19-26-10)18-14(21)9-25-15(22)6-7-17-16-11-4-2-3-5-12(11)27(23,24)20-16/h2-5,8H,6-7,9H2,1H3,(H,17,20)(H,18,19,21). The average Bonchev–Trinajstić information content (AvgIpc) is 3.14. The zero-order valence-electron chi connectivity index (χ0n) is 14.3. The highest BCUT2D eigenvalue weighted by Crippen LogP contribution is 2.22. The predicted molar refractivity (Wildman–Crippen MR) is 93.6 cm³/mol. The Hall–Kier alpha value is -3.21. The Kier molecular flexibility index (Phi) is 5.21. The highest BCUT2D eigenvalue weighted by Gasteiger charge is 2.29. The van der Waals surface area contributed by atoms with E-state index in [-0.39, 0.29) is 29.5 Å². The second-order valence-electron chi connectivity index (χ2n) is 5.61. The minimum Gasteiger partial charge on any atom is -0.456 e. The fourth-order valence-corrected chi connectivity index (χ4v) is 3.58. The lowest BCUT2D eigenvalue weighted by Gasteiger charge is -2.04. The normalized spacial score (nSPS) is 15.8. The molecule has 0 spiro atoms. The SMILES string of the molecule is Cc1cc(NC(=O)COC(=O)CCN=C2NS(=O)(=O)c3ccccc32)no1. The molecule has 0 saturated heterocycles. The van der Waals surface area contributed by atoms with Crippen LogP contribution < -0.4 is 10.0 Å². The van der Waals surface area contributed by atoms with Gasteiger partial charge in [0.1, 0.15) is 11.6 Å². The number of amidine groups is 1. The van der Waals surface area contributed by atoms with Crippen LogP contribution in [0.25, 0.3) is 0 Å².